The van der Waals surface area contributed by atoms with Crippen LogP contribution in [0.3, 0.4) is 0 Å². The Hall–Kier alpha value is -2.95. The van der Waals surface area contributed by atoms with Crippen LogP contribution in [-0.2, 0) is 0 Å². The molecule has 1 heterocycles. The lowest BCUT2D eigenvalue weighted by molar-refractivity contribution is 0.0952. The number of nitrogens with one attached hydrogen (secondary N) is 1. The van der Waals surface area contributed by atoms with Crippen molar-refractivity contribution in [1.29, 1.82) is 0 Å². The van der Waals surface area contributed by atoms with Crippen molar-refractivity contribution in [3.05, 3.63) is 72.6 Å². The Kier molecular flexibility index (Phi) is 5.63. The van der Waals surface area contributed by atoms with E-state index in [1.807, 2.05) is 37.3 Å². The highest BCUT2D eigenvalue weighted by atomic mass is 16.2. The molecule has 0 saturated heterocycles. The first kappa shape index (κ1) is 16.4. The molecule has 0 bridgehead atoms. The molecule has 2 aromatic rings. The van der Waals surface area contributed by atoms with Gasteiger partial charge in [0.15, 0.2) is 0 Å². The second-order valence-electron chi connectivity index (χ2n) is 4.79. The first-order chi connectivity index (χ1) is 11.2. The van der Waals surface area contributed by atoms with Crippen molar-refractivity contribution >= 4 is 17.5 Å². The van der Waals surface area contributed by atoms with E-state index in [4.69, 9.17) is 0 Å². The van der Waals surface area contributed by atoms with Crippen molar-refractivity contribution in [2.45, 2.75) is 6.92 Å². The topological polar surface area (TPSA) is 62.3 Å². The summed E-state index contributed by atoms with van der Waals surface area (Å²) in [6.45, 7) is 6.30. The summed E-state index contributed by atoms with van der Waals surface area (Å²) in [4.78, 5) is 30.4. The lowest BCUT2D eigenvalue weighted by atomic mass is 10.2. The highest BCUT2D eigenvalue weighted by molar-refractivity contribution is 6.05. The van der Waals surface area contributed by atoms with Crippen LogP contribution in [0.4, 0.5) is 5.69 Å². The van der Waals surface area contributed by atoms with Crippen molar-refractivity contribution < 1.29 is 9.59 Å². The molecule has 0 spiro atoms. The van der Waals surface area contributed by atoms with Crippen LogP contribution in [0.1, 0.15) is 27.9 Å². The summed E-state index contributed by atoms with van der Waals surface area (Å²) in [6, 6.07) is 14.2. The number of carbonyl (C=O) groups is 2. The first-order valence-electron chi connectivity index (χ1n) is 7.40. The van der Waals surface area contributed by atoms with Crippen LogP contribution in [0.5, 0.6) is 0 Å². The third kappa shape index (κ3) is 4.03. The maximum absolute atomic E-state index is 12.7. The Morgan fingerprint density at radius 3 is 2.48 bits per heavy atom. The standard InChI is InChI=1S/C18H19N3O2/c1-3-13-19-17(22)15-11-8-12-16(20-15)18(23)21(4-2)14-9-6-5-7-10-14/h3,5-12H,1,4,13H2,2H3,(H,19,22). The molecule has 0 atom stereocenters. The second-order valence-corrected chi connectivity index (χ2v) is 4.79. The highest BCUT2D eigenvalue weighted by Gasteiger charge is 2.18. The third-order valence-electron chi connectivity index (χ3n) is 3.24. The lowest BCUT2D eigenvalue weighted by Crippen LogP contribution is -2.32. The fraction of sp³-hybridized carbons (Fsp3) is 0.167. The Balaban J connectivity index is 2.25. The second kappa shape index (κ2) is 7.89. The highest BCUT2D eigenvalue weighted by Crippen LogP contribution is 2.16. The molecule has 1 aromatic heterocycles. The summed E-state index contributed by atoms with van der Waals surface area (Å²) in [6.07, 6.45) is 1.58. The molecule has 1 N–H and O–H groups in total. The van der Waals surface area contributed by atoms with Crippen LogP contribution in [0.15, 0.2) is 61.2 Å². The molecular weight excluding hydrogens is 290 g/mol. The van der Waals surface area contributed by atoms with Crippen molar-refractivity contribution in [2.75, 3.05) is 18.0 Å². The minimum Gasteiger partial charge on any atom is -0.347 e. The minimum atomic E-state index is -0.331. The molecule has 0 aliphatic heterocycles. The van der Waals surface area contributed by atoms with Gasteiger partial charge in [0.1, 0.15) is 11.4 Å². The minimum absolute atomic E-state index is 0.210. The van der Waals surface area contributed by atoms with E-state index >= 15 is 0 Å². The van der Waals surface area contributed by atoms with E-state index in [0.29, 0.717) is 13.1 Å². The molecule has 1 aromatic carbocycles. The van der Waals surface area contributed by atoms with Crippen molar-refractivity contribution in [3.8, 4) is 0 Å². The van der Waals surface area contributed by atoms with Crippen molar-refractivity contribution in [3.63, 3.8) is 0 Å². The van der Waals surface area contributed by atoms with Gasteiger partial charge in [-0.25, -0.2) is 4.98 Å². The summed E-state index contributed by atoms with van der Waals surface area (Å²) < 4.78 is 0. The molecule has 118 valence electrons. The average Bonchev–Trinajstić information content (AvgIpc) is 2.61. The molecule has 2 amide bonds. The van der Waals surface area contributed by atoms with Gasteiger partial charge in [0.2, 0.25) is 0 Å². The lowest BCUT2D eigenvalue weighted by Gasteiger charge is -2.20. The summed E-state index contributed by atoms with van der Waals surface area (Å²) in [5.41, 5.74) is 1.24. The van der Waals surface area contributed by atoms with Gasteiger partial charge in [0.25, 0.3) is 11.8 Å². The van der Waals surface area contributed by atoms with Gasteiger partial charge in [-0.15, -0.1) is 6.58 Å². The largest absolute Gasteiger partial charge is 0.347 e. The van der Waals surface area contributed by atoms with Crippen LogP contribution < -0.4 is 10.2 Å². The van der Waals surface area contributed by atoms with Gasteiger partial charge in [-0.3, -0.25) is 9.59 Å². The SMILES string of the molecule is C=CCNC(=O)c1cccc(C(=O)N(CC)c2ccccc2)n1. The molecule has 0 saturated carbocycles. The molecule has 0 aliphatic rings. The predicted octanol–water partition coefficient (Wildman–Crippen LogP) is 2.66. The van der Waals surface area contributed by atoms with Gasteiger partial charge in [0, 0.05) is 18.8 Å². The number of hydrogen-bond acceptors (Lipinski definition) is 3. The number of pyridine rings is 1. The molecule has 0 radical (unpaired) electrons. The fourth-order valence-corrected chi connectivity index (χ4v) is 2.13. The van der Waals surface area contributed by atoms with E-state index in [-0.39, 0.29) is 23.2 Å². The van der Waals surface area contributed by atoms with Crippen molar-refractivity contribution in [2.24, 2.45) is 0 Å². The summed E-state index contributed by atoms with van der Waals surface area (Å²) in [7, 11) is 0. The molecule has 0 unspecified atom stereocenters. The zero-order valence-corrected chi connectivity index (χ0v) is 13.0. The molecule has 0 fully saturated rings. The van der Waals surface area contributed by atoms with Gasteiger partial charge < -0.3 is 10.2 Å². The zero-order valence-electron chi connectivity index (χ0n) is 13.0. The average molecular weight is 309 g/mol. The summed E-state index contributed by atoms with van der Waals surface area (Å²) >= 11 is 0. The Labute approximate surface area is 135 Å². The summed E-state index contributed by atoms with van der Waals surface area (Å²) in [5, 5.41) is 2.65. The van der Waals surface area contributed by atoms with Crippen LogP contribution >= 0.6 is 0 Å². The normalized spacial score (nSPS) is 9.96. The maximum atomic E-state index is 12.7. The number of rotatable bonds is 6. The van der Waals surface area contributed by atoms with E-state index < -0.39 is 0 Å². The van der Waals surface area contributed by atoms with E-state index in [9.17, 15) is 9.59 Å². The Bertz CT molecular complexity index is 698. The smallest absolute Gasteiger partial charge is 0.276 e. The monoisotopic (exact) mass is 309 g/mol. The quantitative estimate of drug-likeness (QED) is 0.834. The van der Waals surface area contributed by atoms with E-state index in [2.05, 4.69) is 16.9 Å². The van der Waals surface area contributed by atoms with Crippen LogP contribution in [0.2, 0.25) is 0 Å². The number of carbonyl (C=O) groups excluding carboxylic acids is 2. The van der Waals surface area contributed by atoms with Crippen LogP contribution in [0, 0.1) is 0 Å². The van der Waals surface area contributed by atoms with Gasteiger partial charge in [-0.1, -0.05) is 30.3 Å². The number of para-hydroxylation sites is 1. The molecule has 5 heteroatoms. The molecule has 23 heavy (non-hydrogen) atoms. The number of amides is 2. The first-order valence-corrected chi connectivity index (χ1v) is 7.40. The number of hydrogen-bond donors (Lipinski definition) is 1. The van der Waals surface area contributed by atoms with Crippen LogP contribution in [-0.4, -0.2) is 29.9 Å². The van der Waals surface area contributed by atoms with Crippen LogP contribution in [0.25, 0.3) is 0 Å². The molecule has 0 aliphatic carbocycles. The number of anilines is 1. The third-order valence-corrected chi connectivity index (χ3v) is 3.24. The van der Waals surface area contributed by atoms with Gasteiger partial charge in [-0.2, -0.15) is 0 Å². The van der Waals surface area contributed by atoms with E-state index in [1.54, 1.807) is 29.2 Å². The van der Waals surface area contributed by atoms with E-state index in [1.165, 1.54) is 0 Å². The molecule has 2 rings (SSSR count). The van der Waals surface area contributed by atoms with Gasteiger partial charge >= 0.3 is 0 Å². The van der Waals surface area contributed by atoms with E-state index in [0.717, 1.165) is 5.69 Å². The Morgan fingerprint density at radius 2 is 1.83 bits per heavy atom. The fourth-order valence-electron chi connectivity index (χ4n) is 2.13. The Morgan fingerprint density at radius 1 is 1.13 bits per heavy atom. The summed E-state index contributed by atoms with van der Waals surface area (Å²) in [5.74, 6) is -0.570. The number of benzene rings is 1. The van der Waals surface area contributed by atoms with Gasteiger partial charge in [0.05, 0.1) is 0 Å². The molecule has 5 nitrogen and oxygen atoms in total. The van der Waals surface area contributed by atoms with Crippen molar-refractivity contribution in [1.82, 2.24) is 10.3 Å². The zero-order chi connectivity index (χ0) is 16.7. The number of aromatic nitrogens is 1. The maximum Gasteiger partial charge on any atom is 0.276 e. The predicted molar refractivity (Wildman–Crippen MR) is 90.6 cm³/mol. The molecular formula is C18H19N3O2. The number of nitrogens with zero attached hydrogens (tertiary/aromatic N) is 2. The van der Waals surface area contributed by atoms with Gasteiger partial charge in [-0.05, 0) is 31.2 Å².